The summed E-state index contributed by atoms with van der Waals surface area (Å²) in [5.41, 5.74) is 1.61. The summed E-state index contributed by atoms with van der Waals surface area (Å²) in [4.78, 5) is 29.1. The summed E-state index contributed by atoms with van der Waals surface area (Å²) < 4.78 is 39.9. The summed E-state index contributed by atoms with van der Waals surface area (Å²) >= 11 is 0. The number of aryl methyl sites for hydroxylation is 1. The predicted molar refractivity (Wildman–Crippen MR) is 164 cm³/mol. The van der Waals surface area contributed by atoms with Crippen molar-refractivity contribution in [2.45, 2.75) is 64.1 Å². The summed E-state index contributed by atoms with van der Waals surface area (Å²) in [6.07, 6.45) is 0.341. The number of nitrogens with one attached hydrogen (secondary N) is 1. The molecule has 2 amide bonds. The number of nitrogens with zero attached hydrogens (tertiary/aromatic N) is 2. The number of hydrogen-bond donors (Lipinski definition) is 1. The summed E-state index contributed by atoms with van der Waals surface area (Å²) in [5.74, 6) is -0.203. The molecule has 0 fully saturated rings. The Balaban J connectivity index is 2.09. The van der Waals surface area contributed by atoms with Gasteiger partial charge in [-0.2, -0.15) is 0 Å². The molecule has 0 heterocycles. The summed E-state index contributed by atoms with van der Waals surface area (Å²) in [6, 6.07) is 19.5. The zero-order valence-corrected chi connectivity index (χ0v) is 26.2. The van der Waals surface area contributed by atoms with Gasteiger partial charge in [-0.1, -0.05) is 49.4 Å². The maximum Gasteiger partial charge on any atom is 0.264 e. The first-order valence-electron chi connectivity index (χ1n) is 13.8. The van der Waals surface area contributed by atoms with Crippen molar-refractivity contribution in [3.8, 4) is 11.5 Å². The second-order valence-corrected chi connectivity index (χ2v) is 12.8. The Kier molecular flexibility index (Phi) is 10.6. The van der Waals surface area contributed by atoms with Gasteiger partial charge in [0.05, 0.1) is 24.8 Å². The Bertz CT molecular complexity index is 1490. The van der Waals surface area contributed by atoms with Crippen molar-refractivity contribution in [2.24, 2.45) is 0 Å². The van der Waals surface area contributed by atoms with E-state index in [-0.39, 0.29) is 23.1 Å². The first-order chi connectivity index (χ1) is 19.8. The molecule has 3 aromatic rings. The van der Waals surface area contributed by atoms with Crippen LogP contribution in [0, 0.1) is 6.92 Å². The fourth-order valence-electron chi connectivity index (χ4n) is 4.57. The van der Waals surface area contributed by atoms with Gasteiger partial charge in [0.2, 0.25) is 11.8 Å². The third kappa shape index (κ3) is 7.82. The van der Waals surface area contributed by atoms with Crippen LogP contribution < -0.4 is 19.1 Å². The van der Waals surface area contributed by atoms with Crippen molar-refractivity contribution >= 4 is 27.5 Å². The number of hydrogen-bond acceptors (Lipinski definition) is 6. The highest BCUT2D eigenvalue weighted by molar-refractivity contribution is 7.92. The number of anilines is 1. The van der Waals surface area contributed by atoms with E-state index >= 15 is 0 Å². The fourth-order valence-corrected chi connectivity index (χ4v) is 6.00. The highest BCUT2D eigenvalue weighted by Crippen LogP contribution is 2.32. The van der Waals surface area contributed by atoms with Crippen molar-refractivity contribution in [3.05, 3.63) is 83.9 Å². The van der Waals surface area contributed by atoms with E-state index in [1.807, 2.05) is 58.9 Å². The van der Waals surface area contributed by atoms with Gasteiger partial charge in [-0.05, 0) is 69.5 Å². The zero-order valence-electron chi connectivity index (χ0n) is 25.4. The van der Waals surface area contributed by atoms with Gasteiger partial charge >= 0.3 is 0 Å². The van der Waals surface area contributed by atoms with Gasteiger partial charge in [-0.15, -0.1) is 0 Å². The van der Waals surface area contributed by atoms with E-state index in [4.69, 9.17) is 9.47 Å². The number of rotatable bonds is 12. The molecule has 0 bridgehead atoms. The topological polar surface area (TPSA) is 105 Å². The van der Waals surface area contributed by atoms with E-state index in [0.29, 0.717) is 17.9 Å². The lowest BCUT2D eigenvalue weighted by Crippen LogP contribution is -2.55. The van der Waals surface area contributed by atoms with Crippen LogP contribution in [0.1, 0.15) is 45.2 Å². The fraction of sp³-hybridized carbons (Fsp3) is 0.375. The SMILES string of the molecule is CCC(C(=O)NC(C)(C)C)N(Cc1ccccc1C)C(=O)CN(c1ccccc1)S(=O)(=O)c1ccc(OC)c(OC)c1. The second kappa shape index (κ2) is 13.7. The number of para-hydroxylation sites is 1. The maximum atomic E-state index is 14.2. The number of ether oxygens (including phenoxy) is 2. The van der Waals surface area contributed by atoms with Crippen LogP contribution in [0.5, 0.6) is 11.5 Å². The normalized spacial score (nSPS) is 12.3. The van der Waals surface area contributed by atoms with Crippen LogP contribution in [0.3, 0.4) is 0 Å². The monoisotopic (exact) mass is 595 g/mol. The van der Waals surface area contributed by atoms with Gasteiger partial charge in [-0.3, -0.25) is 13.9 Å². The average molecular weight is 596 g/mol. The van der Waals surface area contributed by atoms with Crippen molar-refractivity contribution in [2.75, 3.05) is 25.1 Å². The molecule has 0 radical (unpaired) electrons. The molecule has 1 N–H and O–H groups in total. The number of carbonyl (C=O) groups excluding carboxylic acids is 2. The van der Waals surface area contributed by atoms with Crippen LogP contribution in [0.2, 0.25) is 0 Å². The Labute approximate surface area is 249 Å². The summed E-state index contributed by atoms with van der Waals surface area (Å²) in [7, 11) is -1.37. The molecule has 0 aliphatic carbocycles. The van der Waals surface area contributed by atoms with E-state index in [9.17, 15) is 18.0 Å². The summed E-state index contributed by atoms with van der Waals surface area (Å²) in [5, 5.41) is 2.98. The standard InChI is InChI=1S/C32H41N3O6S/c1-8-27(31(37)33-32(3,4)5)34(21-24-15-13-12-14-23(24)2)30(36)22-35(25-16-10-9-11-17-25)42(38,39)26-18-19-28(40-6)29(20-26)41-7/h9-20,27H,8,21-22H2,1-7H3,(H,33,37). The maximum absolute atomic E-state index is 14.2. The molecule has 226 valence electrons. The number of sulfonamides is 1. The van der Waals surface area contributed by atoms with Gasteiger partial charge in [0.25, 0.3) is 10.0 Å². The Morgan fingerprint density at radius 3 is 2.10 bits per heavy atom. The Morgan fingerprint density at radius 1 is 0.905 bits per heavy atom. The van der Waals surface area contributed by atoms with Gasteiger partial charge in [0, 0.05) is 18.2 Å². The highest BCUT2D eigenvalue weighted by atomic mass is 32.2. The molecule has 0 aliphatic heterocycles. The van der Waals surface area contributed by atoms with E-state index in [0.717, 1.165) is 15.4 Å². The van der Waals surface area contributed by atoms with E-state index in [2.05, 4.69) is 5.32 Å². The highest BCUT2D eigenvalue weighted by Gasteiger charge is 2.35. The Hall–Kier alpha value is -4.05. The number of amides is 2. The smallest absolute Gasteiger partial charge is 0.264 e. The lowest BCUT2D eigenvalue weighted by molar-refractivity contribution is -0.141. The molecule has 0 saturated carbocycles. The first kappa shape index (κ1) is 32.5. The molecular weight excluding hydrogens is 554 g/mol. The molecule has 3 aromatic carbocycles. The van der Waals surface area contributed by atoms with Gasteiger partial charge in [-0.25, -0.2) is 8.42 Å². The molecule has 1 atom stereocenters. The van der Waals surface area contributed by atoms with Crippen LogP contribution in [0.15, 0.2) is 77.7 Å². The number of methoxy groups -OCH3 is 2. The molecule has 0 aromatic heterocycles. The minimum Gasteiger partial charge on any atom is -0.493 e. The zero-order chi connectivity index (χ0) is 31.1. The molecule has 10 heteroatoms. The minimum atomic E-state index is -4.25. The Morgan fingerprint density at radius 2 is 1.52 bits per heavy atom. The van der Waals surface area contributed by atoms with Crippen molar-refractivity contribution in [3.63, 3.8) is 0 Å². The van der Waals surface area contributed by atoms with Crippen molar-refractivity contribution in [1.29, 1.82) is 0 Å². The predicted octanol–water partition coefficient (Wildman–Crippen LogP) is 4.93. The molecule has 9 nitrogen and oxygen atoms in total. The second-order valence-electron chi connectivity index (χ2n) is 11.0. The molecule has 42 heavy (non-hydrogen) atoms. The first-order valence-corrected chi connectivity index (χ1v) is 15.2. The minimum absolute atomic E-state index is 0.0697. The van der Waals surface area contributed by atoms with Crippen LogP contribution in [-0.2, 0) is 26.2 Å². The van der Waals surface area contributed by atoms with E-state index in [1.54, 1.807) is 30.3 Å². The molecule has 1 unspecified atom stereocenters. The lowest BCUT2D eigenvalue weighted by Gasteiger charge is -2.35. The van der Waals surface area contributed by atoms with Crippen molar-refractivity contribution in [1.82, 2.24) is 10.2 Å². The van der Waals surface area contributed by atoms with E-state index < -0.39 is 34.1 Å². The van der Waals surface area contributed by atoms with Crippen LogP contribution in [-0.4, -0.2) is 57.5 Å². The van der Waals surface area contributed by atoms with Crippen LogP contribution >= 0.6 is 0 Å². The molecule has 0 aliphatic rings. The summed E-state index contributed by atoms with van der Waals surface area (Å²) in [6.45, 7) is 9.01. The van der Waals surface area contributed by atoms with Gasteiger partial charge < -0.3 is 19.7 Å². The number of benzene rings is 3. The third-order valence-corrected chi connectivity index (χ3v) is 8.52. The van der Waals surface area contributed by atoms with Crippen LogP contribution in [0.25, 0.3) is 0 Å². The van der Waals surface area contributed by atoms with E-state index in [1.165, 1.54) is 37.3 Å². The quantitative estimate of drug-likeness (QED) is 0.318. The molecular formula is C32H41N3O6S. The molecule has 3 rings (SSSR count). The van der Waals surface area contributed by atoms with Gasteiger partial charge in [0.15, 0.2) is 11.5 Å². The van der Waals surface area contributed by atoms with Crippen LogP contribution in [0.4, 0.5) is 5.69 Å². The lowest BCUT2D eigenvalue weighted by atomic mass is 10.0. The number of carbonyl (C=O) groups is 2. The molecule has 0 spiro atoms. The third-order valence-electron chi connectivity index (χ3n) is 6.75. The molecule has 0 saturated heterocycles. The largest absolute Gasteiger partial charge is 0.493 e. The average Bonchev–Trinajstić information content (AvgIpc) is 2.95. The van der Waals surface area contributed by atoms with Crippen molar-refractivity contribution < 1.29 is 27.5 Å². The van der Waals surface area contributed by atoms with Gasteiger partial charge in [0.1, 0.15) is 12.6 Å².